The lowest BCUT2D eigenvalue weighted by molar-refractivity contribution is -0.133. The van der Waals surface area contributed by atoms with Gasteiger partial charge in [0, 0.05) is 36.3 Å². The molecular formula is C22H35ClN4O2. The summed E-state index contributed by atoms with van der Waals surface area (Å²) in [4.78, 5) is 27.5. The van der Waals surface area contributed by atoms with Crippen molar-refractivity contribution < 1.29 is 9.59 Å². The molecule has 1 saturated heterocycles. The van der Waals surface area contributed by atoms with Gasteiger partial charge in [0.2, 0.25) is 5.91 Å². The van der Waals surface area contributed by atoms with E-state index in [2.05, 4.69) is 24.5 Å². The molecule has 4 N–H and O–H groups in total. The molecule has 7 heteroatoms. The SMILES string of the molecule is CCC(CC)CN1CC[C@@H](CNC(=O)c2ccc(C)c(Cl)c2)NC(CCN)C1=O. The third-order valence-corrected chi connectivity index (χ3v) is 6.23. The summed E-state index contributed by atoms with van der Waals surface area (Å²) in [5.41, 5.74) is 7.23. The molecule has 0 aliphatic carbocycles. The van der Waals surface area contributed by atoms with E-state index in [0.717, 1.165) is 31.4 Å². The molecule has 0 saturated carbocycles. The van der Waals surface area contributed by atoms with Crippen LogP contribution in [0.3, 0.4) is 0 Å². The fraction of sp³-hybridized carbons (Fsp3) is 0.636. The predicted molar refractivity (Wildman–Crippen MR) is 118 cm³/mol. The van der Waals surface area contributed by atoms with Crippen molar-refractivity contribution in [2.24, 2.45) is 11.7 Å². The van der Waals surface area contributed by atoms with Crippen molar-refractivity contribution in [3.05, 3.63) is 34.3 Å². The third-order valence-electron chi connectivity index (χ3n) is 5.83. The average Bonchev–Trinajstić information content (AvgIpc) is 2.86. The maximum absolute atomic E-state index is 13.0. The predicted octanol–water partition coefficient (Wildman–Crippen LogP) is 2.72. The number of halogens is 1. The van der Waals surface area contributed by atoms with Crippen molar-refractivity contribution in [3.63, 3.8) is 0 Å². The molecule has 0 spiro atoms. The van der Waals surface area contributed by atoms with Gasteiger partial charge in [0.15, 0.2) is 0 Å². The number of carbonyl (C=O) groups is 2. The zero-order valence-electron chi connectivity index (χ0n) is 17.8. The van der Waals surface area contributed by atoms with Crippen LogP contribution in [-0.4, -0.2) is 55.0 Å². The largest absolute Gasteiger partial charge is 0.350 e. The summed E-state index contributed by atoms with van der Waals surface area (Å²) in [5.74, 6) is 0.482. The minimum atomic E-state index is -0.299. The maximum atomic E-state index is 13.0. The maximum Gasteiger partial charge on any atom is 0.251 e. The quantitative estimate of drug-likeness (QED) is 0.571. The lowest BCUT2D eigenvalue weighted by Crippen LogP contribution is -2.50. The van der Waals surface area contributed by atoms with Crippen LogP contribution in [0.4, 0.5) is 0 Å². The highest BCUT2D eigenvalue weighted by Gasteiger charge is 2.31. The number of rotatable bonds is 9. The highest BCUT2D eigenvalue weighted by atomic mass is 35.5. The molecule has 29 heavy (non-hydrogen) atoms. The van der Waals surface area contributed by atoms with E-state index >= 15 is 0 Å². The Kier molecular flexibility index (Phi) is 9.40. The molecule has 6 nitrogen and oxygen atoms in total. The summed E-state index contributed by atoms with van der Waals surface area (Å²) < 4.78 is 0. The Hall–Kier alpha value is -1.63. The van der Waals surface area contributed by atoms with Crippen LogP contribution >= 0.6 is 11.6 Å². The van der Waals surface area contributed by atoms with E-state index < -0.39 is 0 Å². The van der Waals surface area contributed by atoms with E-state index in [4.69, 9.17) is 17.3 Å². The normalized spacial score (nSPS) is 20.1. The van der Waals surface area contributed by atoms with E-state index in [-0.39, 0.29) is 23.9 Å². The monoisotopic (exact) mass is 422 g/mol. The van der Waals surface area contributed by atoms with Crippen LogP contribution in [0.5, 0.6) is 0 Å². The number of hydrogen-bond acceptors (Lipinski definition) is 4. The number of nitrogens with zero attached hydrogens (tertiary/aromatic N) is 1. The molecule has 2 atom stereocenters. The van der Waals surface area contributed by atoms with E-state index in [1.54, 1.807) is 12.1 Å². The summed E-state index contributed by atoms with van der Waals surface area (Å²) in [6.07, 6.45) is 3.51. The summed E-state index contributed by atoms with van der Waals surface area (Å²) in [5, 5.41) is 6.98. The van der Waals surface area contributed by atoms with Crippen molar-refractivity contribution in [1.82, 2.24) is 15.5 Å². The van der Waals surface area contributed by atoms with Crippen molar-refractivity contribution >= 4 is 23.4 Å². The van der Waals surface area contributed by atoms with Gasteiger partial charge in [0.25, 0.3) is 5.91 Å². The van der Waals surface area contributed by atoms with Crippen LogP contribution in [-0.2, 0) is 4.79 Å². The molecule has 1 aliphatic heterocycles. The molecule has 162 valence electrons. The van der Waals surface area contributed by atoms with Crippen LogP contribution in [0.15, 0.2) is 18.2 Å². The molecule has 1 fully saturated rings. The van der Waals surface area contributed by atoms with Gasteiger partial charge < -0.3 is 21.3 Å². The number of hydrogen-bond donors (Lipinski definition) is 3. The standard InChI is InChI=1S/C22H35ClN4O2/c1-4-16(5-2)14-27-11-9-18(26-20(8-10-24)22(27)29)13-25-21(28)17-7-6-15(3)19(23)12-17/h6-7,12,16,18,20,26H,4-5,8-11,13-14,24H2,1-3H3,(H,25,28)/t18-,20?/m0/s1. The molecule has 1 aliphatic rings. The van der Waals surface area contributed by atoms with Gasteiger partial charge in [-0.15, -0.1) is 0 Å². The average molecular weight is 423 g/mol. The lowest BCUT2D eigenvalue weighted by atomic mass is 10.0. The molecule has 0 bridgehead atoms. The molecule has 1 heterocycles. The Morgan fingerprint density at radius 3 is 2.72 bits per heavy atom. The zero-order valence-corrected chi connectivity index (χ0v) is 18.6. The lowest BCUT2D eigenvalue weighted by Gasteiger charge is -2.27. The Bertz CT molecular complexity index is 693. The molecule has 0 radical (unpaired) electrons. The van der Waals surface area contributed by atoms with Crippen molar-refractivity contribution in [2.45, 2.75) is 58.5 Å². The van der Waals surface area contributed by atoms with Gasteiger partial charge in [-0.2, -0.15) is 0 Å². The summed E-state index contributed by atoms with van der Waals surface area (Å²) in [6.45, 7) is 8.63. The van der Waals surface area contributed by atoms with E-state index in [9.17, 15) is 9.59 Å². The zero-order chi connectivity index (χ0) is 21.4. The second kappa shape index (κ2) is 11.5. The second-order valence-corrected chi connectivity index (χ2v) is 8.33. The van der Waals surface area contributed by atoms with Gasteiger partial charge in [0.1, 0.15) is 0 Å². The first-order valence-corrected chi connectivity index (χ1v) is 11.1. The molecule has 1 unspecified atom stereocenters. The van der Waals surface area contributed by atoms with E-state index in [1.165, 1.54) is 0 Å². The topological polar surface area (TPSA) is 87.5 Å². The molecule has 0 aromatic heterocycles. The summed E-state index contributed by atoms with van der Waals surface area (Å²) >= 11 is 6.13. The Balaban J connectivity index is 2.00. The van der Waals surface area contributed by atoms with Gasteiger partial charge in [-0.25, -0.2) is 0 Å². The number of carbonyl (C=O) groups excluding carboxylic acids is 2. The fourth-order valence-electron chi connectivity index (χ4n) is 3.71. The van der Waals surface area contributed by atoms with Crippen LogP contribution in [0.25, 0.3) is 0 Å². The molecular weight excluding hydrogens is 388 g/mol. The highest BCUT2D eigenvalue weighted by molar-refractivity contribution is 6.31. The second-order valence-electron chi connectivity index (χ2n) is 7.92. The number of amides is 2. The van der Waals surface area contributed by atoms with Gasteiger partial charge in [-0.05, 0) is 49.9 Å². The first kappa shape index (κ1) is 23.6. The van der Waals surface area contributed by atoms with Crippen LogP contribution < -0.4 is 16.4 Å². The van der Waals surface area contributed by atoms with E-state index in [0.29, 0.717) is 42.6 Å². The van der Waals surface area contributed by atoms with Gasteiger partial charge in [0.05, 0.1) is 6.04 Å². The minimum Gasteiger partial charge on any atom is -0.350 e. The van der Waals surface area contributed by atoms with Crippen LogP contribution in [0.2, 0.25) is 5.02 Å². The van der Waals surface area contributed by atoms with Crippen molar-refractivity contribution in [1.29, 1.82) is 0 Å². The Morgan fingerprint density at radius 2 is 2.10 bits per heavy atom. The first-order chi connectivity index (χ1) is 13.9. The smallest absolute Gasteiger partial charge is 0.251 e. The number of aryl methyl sites for hydroxylation is 1. The summed E-state index contributed by atoms with van der Waals surface area (Å²) in [7, 11) is 0. The Labute approximate surface area is 179 Å². The third kappa shape index (κ3) is 6.69. The molecule has 1 aromatic carbocycles. The van der Waals surface area contributed by atoms with E-state index in [1.807, 2.05) is 17.9 Å². The van der Waals surface area contributed by atoms with Gasteiger partial charge >= 0.3 is 0 Å². The molecule has 2 amide bonds. The molecule has 1 aromatic rings. The highest BCUT2D eigenvalue weighted by Crippen LogP contribution is 2.17. The first-order valence-electron chi connectivity index (χ1n) is 10.7. The minimum absolute atomic E-state index is 0.0204. The number of benzene rings is 1. The Morgan fingerprint density at radius 1 is 1.38 bits per heavy atom. The number of nitrogens with one attached hydrogen (secondary N) is 2. The van der Waals surface area contributed by atoms with Gasteiger partial charge in [-0.3, -0.25) is 9.59 Å². The van der Waals surface area contributed by atoms with Crippen molar-refractivity contribution in [2.75, 3.05) is 26.2 Å². The van der Waals surface area contributed by atoms with Crippen LogP contribution in [0.1, 0.15) is 55.5 Å². The summed E-state index contributed by atoms with van der Waals surface area (Å²) in [6, 6.07) is 5.02. The fourth-order valence-corrected chi connectivity index (χ4v) is 3.89. The van der Waals surface area contributed by atoms with Crippen molar-refractivity contribution in [3.8, 4) is 0 Å². The number of nitrogens with two attached hydrogens (primary N) is 1. The van der Waals surface area contributed by atoms with Crippen LogP contribution in [0, 0.1) is 12.8 Å². The molecule has 2 rings (SSSR count). The van der Waals surface area contributed by atoms with Gasteiger partial charge in [-0.1, -0.05) is 44.4 Å².